The minimum absolute atomic E-state index is 0.134. The third-order valence-corrected chi connectivity index (χ3v) is 5.06. The first-order valence-corrected chi connectivity index (χ1v) is 8.61. The molecule has 0 unspecified atom stereocenters. The number of benzene rings is 1. The molecule has 1 aliphatic carbocycles. The second kappa shape index (κ2) is 6.83. The Morgan fingerprint density at radius 2 is 1.65 bits per heavy atom. The molecule has 1 heterocycles. The van der Waals surface area contributed by atoms with Gasteiger partial charge in [-0.05, 0) is 30.5 Å². The summed E-state index contributed by atoms with van der Waals surface area (Å²) in [5.41, 5.74) is 0.856. The van der Waals surface area contributed by atoms with Crippen LogP contribution in [0.25, 0.3) is 0 Å². The Hall–Kier alpha value is -1.69. The summed E-state index contributed by atoms with van der Waals surface area (Å²) in [7, 11) is 0. The Morgan fingerprint density at radius 3 is 2.22 bits per heavy atom. The van der Waals surface area contributed by atoms with Crippen LogP contribution in [0.15, 0.2) is 28.7 Å². The van der Waals surface area contributed by atoms with E-state index in [0.29, 0.717) is 0 Å². The van der Waals surface area contributed by atoms with Gasteiger partial charge in [-0.1, -0.05) is 40.9 Å². The highest BCUT2D eigenvalue weighted by molar-refractivity contribution is 9.10. The van der Waals surface area contributed by atoms with Crippen LogP contribution in [-0.2, 0) is 25.7 Å². The van der Waals surface area contributed by atoms with E-state index in [-0.39, 0.29) is 36.8 Å². The lowest BCUT2D eigenvalue weighted by Gasteiger charge is -2.19. The Labute approximate surface area is 143 Å². The van der Waals surface area contributed by atoms with Crippen molar-refractivity contribution < 1.29 is 19.1 Å². The minimum atomic E-state index is -0.548. The summed E-state index contributed by atoms with van der Waals surface area (Å²) in [6.07, 6.45) is 3.45. The van der Waals surface area contributed by atoms with E-state index in [1.54, 1.807) is 0 Å². The fourth-order valence-electron chi connectivity index (χ4n) is 3.31. The number of hydrogen-bond donors (Lipinski definition) is 0. The van der Waals surface area contributed by atoms with Crippen LogP contribution in [0.2, 0.25) is 0 Å². The van der Waals surface area contributed by atoms with Gasteiger partial charge < -0.3 is 4.74 Å². The maximum atomic E-state index is 12.3. The molecule has 0 N–H and O–H groups in total. The first-order valence-electron chi connectivity index (χ1n) is 7.81. The SMILES string of the molecule is O=C(CN1C(=O)[C@H]2CCCC[C@H]2C1=O)OCc1ccc(Br)cc1. The molecule has 5 nitrogen and oxygen atoms in total. The number of carbonyl (C=O) groups excluding carboxylic acids is 3. The molecule has 1 aromatic carbocycles. The number of rotatable bonds is 4. The van der Waals surface area contributed by atoms with Crippen molar-refractivity contribution in [3.8, 4) is 0 Å². The van der Waals surface area contributed by atoms with Crippen LogP contribution in [0.1, 0.15) is 31.2 Å². The van der Waals surface area contributed by atoms with E-state index in [1.807, 2.05) is 24.3 Å². The van der Waals surface area contributed by atoms with Crippen LogP contribution in [-0.4, -0.2) is 29.2 Å². The molecular weight excluding hydrogens is 362 g/mol. The standard InChI is InChI=1S/C17H18BrNO4/c18-12-7-5-11(6-8-12)10-23-15(20)9-19-16(21)13-3-1-2-4-14(13)17(19)22/h5-8,13-14H,1-4,9-10H2/t13-,14+. The lowest BCUT2D eigenvalue weighted by molar-refractivity contribution is -0.153. The molecule has 1 saturated carbocycles. The minimum Gasteiger partial charge on any atom is -0.459 e. The zero-order chi connectivity index (χ0) is 16.4. The predicted octanol–water partition coefficient (Wildman–Crippen LogP) is 2.67. The molecule has 2 atom stereocenters. The maximum absolute atomic E-state index is 12.3. The summed E-state index contributed by atoms with van der Waals surface area (Å²) < 4.78 is 6.13. The van der Waals surface area contributed by atoms with Gasteiger partial charge in [0.2, 0.25) is 11.8 Å². The van der Waals surface area contributed by atoms with Gasteiger partial charge in [0.05, 0.1) is 11.8 Å². The number of likely N-dealkylation sites (tertiary alicyclic amines) is 1. The van der Waals surface area contributed by atoms with E-state index in [1.165, 1.54) is 0 Å². The molecule has 2 aliphatic rings. The van der Waals surface area contributed by atoms with Crippen LogP contribution in [0.3, 0.4) is 0 Å². The van der Waals surface area contributed by atoms with E-state index in [2.05, 4.69) is 15.9 Å². The number of hydrogen-bond acceptors (Lipinski definition) is 4. The van der Waals surface area contributed by atoms with Gasteiger partial charge in [-0.3, -0.25) is 19.3 Å². The van der Waals surface area contributed by atoms with Crippen LogP contribution < -0.4 is 0 Å². The molecule has 1 saturated heterocycles. The largest absolute Gasteiger partial charge is 0.459 e. The summed E-state index contributed by atoms with van der Waals surface area (Å²) in [6.45, 7) is -0.142. The van der Waals surface area contributed by atoms with Gasteiger partial charge in [-0.25, -0.2) is 0 Å². The first-order chi connectivity index (χ1) is 11.1. The van der Waals surface area contributed by atoms with Crippen molar-refractivity contribution in [1.29, 1.82) is 0 Å². The van der Waals surface area contributed by atoms with Gasteiger partial charge in [-0.15, -0.1) is 0 Å². The second-order valence-electron chi connectivity index (χ2n) is 6.05. The molecule has 0 bridgehead atoms. The molecule has 0 aromatic heterocycles. The van der Waals surface area contributed by atoms with Crippen LogP contribution in [0.5, 0.6) is 0 Å². The number of esters is 1. The average molecular weight is 380 g/mol. The van der Waals surface area contributed by atoms with Gasteiger partial charge in [0, 0.05) is 4.47 Å². The van der Waals surface area contributed by atoms with Crippen LogP contribution in [0, 0.1) is 11.8 Å². The number of imide groups is 1. The lowest BCUT2D eigenvalue weighted by atomic mass is 9.81. The molecule has 1 aliphatic heterocycles. The fourth-order valence-corrected chi connectivity index (χ4v) is 3.57. The van der Waals surface area contributed by atoms with E-state index in [0.717, 1.165) is 40.6 Å². The number of carbonyl (C=O) groups is 3. The number of amides is 2. The summed E-state index contributed by atoms with van der Waals surface area (Å²) in [4.78, 5) is 37.6. The predicted molar refractivity (Wildman–Crippen MR) is 86.1 cm³/mol. The molecule has 6 heteroatoms. The molecule has 122 valence electrons. The van der Waals surface area contributed by atoms with Crippen LogP contribution in [0.4, 0.5) is 0 Å². The van der Waals surface area contributed by atoms with Crippen molar-refractivity contribution in [1.82, 2.24) is 4.90 Å². The summed E-state index contributed by atoms with van der Waals surface area (Å²) >= 11 is 3.34. The molecule has 2 fully saturated rings. The second-order valence-corrected chi connectivity index (χ2v) is 6.96. The molecule has 2 amide bonds. The molecule has 1 aromatic rings. The van der Waals surface area contributed by atoms with Crippen molar-refractivity contribution >= 4 is 33.7 Å². The zero-order valence-corrected chi connectivity index (χ0v) is 14.3. The fraction of sp³-hybridized carbons (Fsp3) is 0.471. The first kappa shape index (κ1) is 16.2. The third-order valence-electron chi connectivity index (χ3n) is 4.53. The smallest absolute Gasteiger partial charge is 0.326 e. The van der Waals surface area contributed by atoms with E-state index >= 15 is 0 Å². The highest BCUT2D eigenvalue weighted by atomic mass is 79.9. The zero-order valence-electron chi connectivity index (χ0n) is 12.7. The van der Waals surface area contributed by atoms with Gasteiger partial charge in [0.15, 0.2) is 0 Å². The van der Waals surface area contributed by atoms with Crippen molar-refractivity contribution in [2.45, 2.75) is 32.3 Å². The average Bonchev–Trinajstić information content (AvgIpc) is 2.80. The summed E-state index contributed by atoms with van der Waals surface area (Å²) in [5.74, 6) is -1.42. The molecule has 0 radical (unpaired) electrons. The topological polar surface area (TPSA) is 63.7 Å². The summed E-state index contributed by atoms with van der Waals surface area (Å²) in [5, 5.41) is 0. The highest BCUT2D eigenvalue weighted by Crippen LogP contribution is 2.37. The van der Waals surface area contributed by atoms with E-state index in [9.17, 15) is 14.4 Å². The normalized spacial score (nSPS) is 23.8. The van der Waals surface area contributed by atoms with Crippen molar-refractivity contribution in [3.63, 3.8) is 0 Å². The Kier molecular flexibility index (Phi) is 4.80. The van der Waals surface area contributed by atoms with E-state index in [4.69, 9.17) is 4.74 Å². The summed E-state index contributed by atoms with van der Waals surface area (Å²) in [6, 6.07) is 7.42. The van der Waals surface area contributed by atoms with Gasteiger partial charge in [-0.2, -0.15) is 0 Å². The van der Waals surface area contributed by atoms with Gasteiger partial charge in [0.25, 0.3) is 0 Å². The third kappa shape index (κ3) is 3.47. The number of halogens is 1. The highest BCUT2D eigenvalue weighted by Gasteiger charge is 2.48. The molecule has 3 rings (SSSR count). The van der Waals surface area contributed by atoms with E-state index < -0.39 is 5.97 Å². The Balaban J connectivity index is 1.56. The molecule has 0 spiro atoms. The van der Waals surface area contributed by atoms with Gasteiger partial charge in [0.1, 0.15) is 13.2 Å². The lowest BCUT2D eigenvalue weighted by Crippen LogP contribution is -2.36. The molecule has 23 heavy (non-hydrogen) atoms. The van der Waals surface area contributed by atoms with Crippen molar-refractivity contribution in [3.05, 3.63) is 34.3 Å². The quantitative estimate of drug-likeness (QED) is 0.595. The van der Waals surface area contributed by atoms with Crippen molar-refractivity contribution in [2.24, 2.45) is 11.8 Å². The monoisotopic (exact) mass is 379 g/mol. The van der Waals surface area contributed by atoms with Crippen LogP contribution >= 0.6 is 15.9 Å². The van der Waals surface area contributed by atoms with Crippen molar-refractivity contribution in [2.75, 3.05) is 6.54 Å². The number of ether oxygens (including phenoxy) is 1. The Bertz CT molecular complexity index is 604. The maximum Gasteiger partial charge on any atom is 0.326 e. The van der Waals surface area contributed by atoms with Gasteiger partial charge >= 0.3 is 5.97 Å². The number of fused-ring (bicyclic) bond motifs is 1. The Morgan fingerprint density at radius 1 is 1.09 bits per heavy atom. The number of nitrogens with zero attached hydrogens (tertiary/aromatic N) is 1. The molecular formula is C17H18BrNO4.